The van der Waals surface area contributed by atoms with Crippen LogP contribution in [0, 0.1) is 17.8 Å². The minimum atomic E-state index is -0.778. The van der Waals surface area contributed by atoms with Crippen molar-refractivity contribution in [3.05, 3.63) is 0 Å². The first-order valence-corrected chi connectivity index (χ1v) is 8.72. The van der Waals surface area contributed by atoms with Gasteiger partial charge < -0.3 is 10.0 Å². The van der Waals surface area contributed by atoms with E-state index in [9.17, 15) is 14.7 Å². The average molecular weight is 293 g/mol. The Hall–Kier alpha value is -1.06. The predicted octanol–water partition coefficient (Wildman–Crippen LogP) is 3.06. The highest BCUT2D eigenvalue weighted by molar-refractivity contribution is 5.85. The topological polar surface area (TPSA) is 57.6 Å². The lowest BCUT2D eigenvalue weighted by Crippen LogP contribution is -2.45. The van der Waals surface area contributed by atoms with Gasteiger partial charge in [-0.1, -0.05) is 25.7 Å². The van der Waals surface area contributed by atoms with Gasteiger partial charge in [0.05, 0.1) is 11.8 Å². The highest BCUT2D eigenvalue weighted by Crippen LogP contribution is 2.38. The Bertz CT molecular complexity index is 403. The van der Waals surface area contributed by atoms with E-state index in [-0.39, 0.29) is 11.8 Å². The Kier molecular flexibility index (Phi) is 4.51. The summed E-state index contributed by atoms with van der Waals surface area (Å²) in [7, 11) is 0. The number of hydrogen-bond donors (Lipinski definition) is 1. The Labute approximate surface area is 126 Å². The summed E-state index contributed by atoms with van der Waals surface area (Å²) in [5, 5.41) is 9.32. The molecule has 3 rings (SSSR count). The number of hydrogen-bond acceptors (Lipinski definition) is 2. The quantitative estimate of drug-likeness (QED) is 0.870. The second-order valence-corrected chi connectivity index (χ2v) is 7.12. The maximum atomic E-state index is 12.9. The molecule has 0 radical (unpaired) electrons. The Morgan fingerprint density at radius 1 is 0.810 bits per heavy atom. The smallest absolute Gasteiger partial charge is 0.307 e. The molecule has 3 fully saturated rings. The standard InChI is InChI=1S/C17H27NO3/c19-16(13-8-4-9-14(13)17(20)21)18-11-5-10-15(18)12-6-2-1-3-7-12/h12-15H,1-11H2,(H,20,21). The van der Waals surface area contributed by atoms with Gasteiger partial charge >= 0.3 is 5.97 Å². The molecule has 2 saturated carbocycles. The van der Waals surface area contributed by atoms with E-state index in [0.29, 0.717) is 18.4 Å². The summed E-state index contributed by atoms with van der Waals surface area (Å²) < 4.78 is 0. The number of amides is 1. The molecule has 0 aromatic rings. The molecule has 4 heteroatoms. The van der Waals surface area contributed by atoms with Crippen molar-refractivity contribution in [3.63, 3.8) is 0 Å². The summed E-state index contributed by atoms with van der Waals surface area (Å²) in [6, 6.07) is 0.396. The first-order valence-electron chi connectivity index (χ1n) is 8.72. The third-order valence-corrected chi connectivity index (χ3v) is 5.93. The number of likely N-dealkylation sites (tertiary alicyclic amines) is 1. The van der Waals surface area contributed by atoms with Crippen LogP contribution in [0.5, 0.6) is 0 Å². The monoisotopic (exact) mass is 293 g/mol. The normalized spacial score (nSPS) is 34.3. The van der Waals surface area contributed by atoms with Crippen LogP contribution < -0.4 is 0 Å². The van der Waals surface area contributed by atoms with Crippen molar-refractivity contribution in [2.45, 2.75) is 70.3 Å². The van der Waals surface area contributed by atoms with Crippen LogP contribution in [0.2, 0.25) is 0 Å². The van der Waals surface area contributed by atoms with Gasteiger partial charge in [-0.05, 0) is 44.4 Å². The van der Waals surface area contributed by atoms with Gasteiger partial charge in [-0.25, -0.2) is 0 Å². The molecular formula is C17H27NO3. The van der Waals surface area contributed by atoms with Gasteiger partial charge in [-0.2, -0.15) is 0 Å². The van der Waals surface area contributed by atoms with Crippen molar-refractivity contribution >= 4 is 11.9 Å². The lowest BCUT2D eigenvalue weighted by Gasteiger charge is -2.35. The van der Waals surface area contributed by atoms with Crippen molar-refractivity contribution in [1.82, 2.24) is 4.90 Å². The summed E-state index contributed by atoms with van der Waals surface area (Å²) in [5.74, 6) is -0.668. The third kappa shape index (κ3) is 2.95. The second kappa shape index (κ2) is 6.37. The zero-order valence-electron chi connectivity index (χ0n) is 12.8. The van der Waals surface area contributed by atoms with Crippen molar-refractivity contribution in [2.75, 3.05) is 6.54 Å². The molecule has 118 valence electrons. The van der Waals surface area contributed by atoms with Gasteiger partial charge in [0.15, 0.2) is 0 Å². The van der Waals surface area contributed by atoms with Gasteiger partial charge in [0.2, 0.25) is 5.91 Å². The molecule has 0 bridgehead atoms. The molecule has 1 amide bonds. The Morgan fingerprint density at radius 3 is 2.24 bits per heavy atom. The van der Waals surface area contributed by atoms with Crippen LogP contribution in [-0.2, 0) is 9.59 Å². The number of carboxylic acid groups (broad SMARTS) is 1. The molecule has 0 aromatic heterocycles. The van der Waals surface area contributed by atoms with Gasteiger partial charge in [-0.3, -0.25) is 9.59 Å². The van der Waals surface area contributed by atoms with Crippen molar-refractivity contribution < 1.29 is 14.7 Å². The molecule has 0 spiro atoms. The summed E-state index contributed by atoms with van der Waals surface area (Å²) in [6.45, 7) is 0.850. The molecule has 2 aliphatic carbocycles. The zero-order chi connectivity index (χ0) is 14.8. The maximum Gasteiger partial charge on any atom is 0.307 e. The summed E-state index contributed by atoms with van der Waals surface area (Å²) >= 11 is 0. The van der Waals surface area contributed by atoms with E-state index in [0.717, 1.165) is 32.2 Å². The van der Waals surface area contributed by atoms with Crippen LogP contribution in [0.4, 0.5) is 0 Å². The van der Waals surface area contributed by atoms with Gasteiger partial charge in [0, 0.05) is 12.6 Å². The van der Waals surface area contributed by atoms with E-state index in [1.165, 1.54) is 32.1 Å². The summed E-state index contributed by atoms with van der Waals surface area (Å²) in [6.07, 6.45) is 11.0. The summed E-state index contributed by atoms with van der Waals surface area (Å²) in [5.41, 5.74) is 0. The first-order chi connectivity index (χ1) is 10.2. The molecule has 1 aliphatic heterocycles. The molecule has 3 aliphatic rings. The zero-order valence-corrected chi connectivity index (χ0v) is 12.8. The molecule has 3 unspecified atom stereocenters. The minimum Gasteiger partial charge on any atom is -0.481 e. The number of carboxylic acids is 1. The molecule has 4 nitrogen and oxygen atoms in total. The molecular weight excluding hydrogens is 266 g/mol. The molecule has 1 heterocycles. The van der Waals surface area contributed by atoms with E-state index in [1.54, 1.807) is 0 Å². The molecule has 3 atom stereocenters. The molecule has 1 N–H and O–H groups in total. The molecule has 1 saturated heterocycles. The van der Waals surface area contributed by atoms with Crippen LogP contribution in [0.25, 0.3) is 0 Å². The van der Waals surface area contributed by atoms with Crippen molar-refractivity contribution in [3.8, 4) is 0 Å². The fourth-order valence-corrected chi connectivity index (χ4v) is 4.84. The highest BCUT2D eigenvalue weighted by Gasteiger charge is 2.43. The Balaban J connectivity index is 1.69. The summed E-state index contributed by atoms with van der Waals surface area (Å²) in [4.78, 5) is 26.3. The van der Waals surface area contributed by atoms with Gasteiger partial charge in [0.1, 0.15) is 0 Å². The fraction of sp³-hybridized carbons (Fsp3) is 0.882. The van der Waals surface area contributed by atoms with Crippen LogP contribution >= 0.6 is 0 Å². The van der Waals surface area contributed by atoms with Crippen molar-refractivity contribution in [1.29, 1.82) is 0 Å². The van der Waals surface area contributed by atoms with E-state index < -0.39 is 11.9 Å². The molecule has 0 aromatic carbocycles. The number of carbonyl (C=O) groups excluding carboxylic acids is 1. The van der Waals surface area contributed by atoms with Gasteiger partial charge in [0.25, 0.3) is 0 Å². The van der Waals surface area contributed by atoms with Crippen LogP contribution in [0.1, 0.15) is 64.2 Å². The number of aliphatic carboxylic acids is 1. The maximum absolute atomic E-state index is 12.9. The number of nitrogens with zero attached hydrogens (tertiary/aromatic N) is 1. The lowest BCUT2D eigenvalue weighted by atomic mass is 9.82. The third-order valence-electron chi connectivity index (χ3n) is 5.93. The fourth-order valence-electron chi connectivity index (χ4n) is 4.84. The van der Waals surface area contributed by atoms with Gasteiger partial charge in [-0.15, -0.1) is 0 Å². The lowest BCUT2D eigenvalue weighted by molar-refractivity contribution is -0.150. The van der Waals surface area contributed by atoms with E-state index >= 15 is 0 Å². The first kappa shape index (κ1) is 14.9. The number of carbonyl (C=O) groups is 2. The molecule has 21 heavy (non-hydrogen) atoms. The Morgan fingerprint density at radius 2 is 1.52 bits per heavy atom. The predicted molar refractivity (Wildman–Crippen MR) is 79.8 cm³/mol. The average Bonchev–Trinajstić information content (AvgIpc) is 3.16. The van der Waals surface area contributed by atoms with Crippen LogP contribution in [-0.4, -0.2) is 34.5 Å². The minimum absolute atomic E-state index is 0.146. The van der Waals surface area contributed by atoms with E-state index in [4.69, 9.17) is 0 Å². The SMILES string of the molecule is O=C(O)C1CCCC1C(=O)N1CCCC1C1CCCCC1. The second-order valence-electron chi connectivity index (χ2n) is 7.12. The van der Waals surface area contributed by atoms with E-state index in [2.05, 4.69) is 4.90 Å². The van der Waals surface area contributed by atoms with Crippen LogP contribution in [0.15, 0.2) is 0 Å². The number of rotatable bonds is 3. The van der Waals surface area contributed by atoms with Crippen LogP contribution in [0.3, 0.4) is 0 Å². The van der Waals surface area contributed by atoms with E-state index in [1.807, 2.05) is 0 Å². The largest absolute Gasteiger partial charge is 0.481 e. The highest BCUT2D eigenvalue weighted by atomic mass is 16.4. The van der Waals surface area contributed by atoms with Crippen molar-refractivity contribution in [2.24, 2.45) is 17.8 Å².